The van der Waals surface area contributed by atoms with Gasteiger partial charge in [-0.1, -0.05) is 13.8 Å². The molecular formula is C11H23NO2. The zero-order valence-corrected chi connectivity index (χ0v) is 9.75. The maximum absolute atomic E-state index is 5.85. The molecule has 1 aliphatic carbocycles. The predicted molar refractivity (Wildman–Crippen MR) is 57.5 cm³/mol. The number of likely N-dealkylation sites (N-methyl/N-ethyl adjacent to an activating group) is 1. The van der Waals surface area contributed by atoms with E-state index in [9.17, 15) is 0 Å². The number of hydrogen-bond acceptors (Lipinski definition) is 3. The highest BCUT2D eigenvalue weighted by Gasteiger charge is 2.42. The lowest BCUT2D eigenvalue weighted by Gasteiger charge is -2.44. The minimum Gasteiger partial charge on any atom is -0.377 e. The van der Waals surface area contributed by atoms with Crippen LogP contribution < -0.4 is 5.32 Å². The quantitative estimate of drug-likeness (QED) is 0.707. The molecule has 0 aromatic heterocycles. The largest absolute Gasteiger partial charge is 0.377 e. The Hall–Kier alpha value is -0.120. The summed E-state index contributed by atoms with van der Waals surface area (Å²) in [5, 5.41) is 3.40. The highest BCUT2D eigenvalue weighted by molar-refractivity contribution is 4.97. The molecule has 0 aliphatic heterocycles. The van der Waals surface area contributed by atoms with Gasteiger partial charge in [-0.15, -0.1) is 0 Å². The van der Waals surface area contributed by atoms with Gasteiger partial charge in [-0.05, 0) is 26.3 Å². The van der Waals surface area contributed by atoms with Gasteiger partial charge in [-0.3, -0.25) is 0 Å². The molecule has 0 radical (unpaired) electrons. The van der Waals surface area contributed by atoms with Crippen LogP contribution in [0.4, 0.5) is 0 Å². The Labute approximate surface area is 87.2 Å². The molecule has 14 heavy (non-hydrogen) atoms. The van der Waals surface area contributed by atoms with E-state index >= 15 is 0 Å². The summed E-state index contributed by atoms with van der Waals surface area (Å²) >= 11 is 0. The van der Waals surface area contributed by atoms with Gasteiger partial charge in [0, 0.05) is 13.2 Å². The first-order chi connectivity index (χ1) is 6.72. The molecule has 0 aromatic carbocycles. The first kappa shape index (κ1) is 12.0. The lowest BCUT2D eigenvalue weighted by molar-refractivity contribution is -0.153. The van der Waals surface area contributed by atoms with E-state index in [-0.39, 0.29) is 6.10 Å². The van der Waals surface area contributed by atoms with E-state index in [1.807, 2.05) is 0 Å². The van der Waals surface area contributed by atoms with Crippen molar-refractivity contribution in [3.05, 3.63) is 0 Å². The molecule has 0 amide bonds. The summed E-state index contributed by atoms with van der Waals surface area (Å²) in [6.45, 7) is 7.39. The molecule has 1 saturated carbocycles. The van der Waals surface area contributed by atoms with E-state index in [0.717, 1.165) is 19.4 Å². The standard InChI is InChI=1S/C11H23NO2/c1-5-8(3)14-10-7-9(12-6-2)11(10)13-4/h8-12H,5-7H2,1-4H3. The van der Waals surface area contributed by atoms with Crippen LogP contribution in [0.3, 0.4) is 0 Å². The monoisotopic (exact) mass is 201 g/mol. The molecule has 1 aliphatic rings. The van der Waals surface area contributed by atoms with Gasteiger partial charge >= 0.3 is 0 Å². The Morgan fingerprint density at radius 3 is 2.64 bits per heavy atom. The third-order valence-corrected chi connectivity index (χ3v) is 2.97. The molecule has 4 unspecified atom stereocenters. The summed E-state index contributed by atoms with van der Waals surface area (Å²) in [6.07, 6.45) is 3.03. The molecule has 0 heterocycles. The second-order valence-corrected chi connectivity index (χ2v) is 3.99. The molecule has 1 fully saturated rings. The van der Waals surface area contributed by atoms with Gasteiger partial charge in [-0.2, -0.15) is 0 Å². The fraction of sp³-hybridized carbons (Fsp3) is 1.00. The fourth-order valence-corrected chi connectivity index (χ4v) is 1.89. The summed E-state index contributed by atoms with van der Waals surface area (Å²) in [4.78, 5) is 0. The van der Waals surface area contributed by atoms with E-state index in [1.165, 1.54) is 0 Å². The summed E-state index contributed by atoms with van der Waals surface area (Å²) in [7, 11) is 1.77. The third kappa shape index (κ3) is 2.69. The number of rotatable bonds is 6. The number of nitrogens with one attached hydrogen (secondary N) is 1. The molecule has 0 saturated heterocycles. The molecule has 84 valence electrons. The SMILES string of the molecule is CCNC1CC(OC(C)CC)C1OC. The lowest BCUT2D eigenvalue weighted by Crippen LogP contribution is -2.60. The maximum atomic E-state index is 5.85. The number of hydrogen-bond donors (Lipinski definition) is 1. The van der Waals surface area contributed by atoms with Crippen molar-refractivity contribution in [2.75, 3.05) is 13.7 Å². The van der Waals surface area contributed by atoms with Crippen LogP contribution in [0.2, 0.25) is 0 Å². The second-order valence-electron chi connectivity index (χ2n) is 3.99. The van der Waals surface area contributed by atoms with E-state index in [0.29, 0.717) is 18.2 Å². The Morgan fingerprint density at radius 2 is 2.14 bits per heavy atom. The van der Waals surface area contributed by atoms with Crippen molar-refractivity contribution in [1.29, 1.82) is 0 Å². The predicted octanol–water partition coefficient (Wildman–Crippen LogP) is 1.57. The molecular weight excluding hydrogens is 178 g/mol. The van der Waals surface area contributed by atoms with Crippen LogP contribution in [0.25, 0.3) is 0 Å². The van der Waals surface area contributed by atoms with Crippen molar-refractivity contribution in [1.82, 2.24) is 5.32 Å². The van der Waals surface area contributed by atoms with Gasteiger partial charge in [0.25, 0.3) is 0 Å². The average Bonchev–Trinajstić information content (AvgIpc) is 2.16. The van der Waals surface area contributed by atoms with Crippen molar-refractivity contribution < 1.29 is 9.47 Å². The zero-order valence-electron chi connectivity index (χ0n) is 9.75. The van der Waals surface area contributed by atoms with Crippen molar-refractivity contribution >= 4 is 0 Å². The van der Waals surface area contributed by atoms with Crippen molar-refractivity contribution in [3.8, 4) is 0 Å². The molecule has 3 nitrogen and oxygen atoms in total. The Morgan fingerprint density at radius 1 is 1.43 bits per heavy atom. The highest BCUT2D eigenvalue weighted by Crippen LogP contribution is 2.28. The number of ether oxygens (including phenoxy) is 2. The van der Waals surface area contributed by atoms with Gasteiger partial charge in [0.1, 0.15) is 0 Å². The smallest absolute Gasteiger partial charge is 0.0987 e. The van der Waals surface area contributed by atoms with E-state index < -0.39 is 0 Å². The molecule has 0 bridgehead atoms. The number of methoxy groups -OCH3 is 1. The molecule has 4 atom stereocenters. The Kier molecular flexibility index (Phi) is 4.85. The Bertz CT molecular complexity index is 163. The second kappa shape index (κ2) is 5.69. The van der Waals surface area contributed by atoms with Gasteiger partial charge in [0.15, 0.2) is 0 Å². The van der Waals surface area contributed by atoms with E-state index in [2.05, 4.69) is 26.1 Å². The topological polar surface area (TPSA) is 30.5 Å². The van der Waals surface area contributed by atoms with Crippen LogP contribution >= 0.6 is 0 Å². The first-order valence-corrected chi connectivity index (χ1v) is 5.64. The van der Waals surface area contributed by atoms with Crippen LogP contribution in [-0.2, 0) is 9.47 Å². The summed E-state index contributed by atoms with van der Waals surface area (Å²) in [5.41, 5.74) is 0. The van der Waals surface area contributed by atoms with Crippen LogP contribution in [0.1, 0.15) is 33.6 Å². The summed E-state index contributed by atoms with van der Waals surface area (Å²) in [6, 6.07) is 0.485. The van der Waals surface area contributed by atoms with Crippen molar-refractivity contribution in [2.45, 2.75) is 58.0 Å². The molecule has 0 aromatic rings. The van der Waals surface area contributed by atoms with Crippen molar-refractivity contribution in [3.63, 3.8) is 0 Å². The summed E-state index contributed by atoms with van der Waals surface area (Å²) < 4.78 is 11.3. The minimum absolute atomic E-state index is 0.240. The average molecular weight is 201 g/mol. The van der Waals surface area contributed by atoms with Gasteiger partial charge < -0.3 is 14.8 Å². The van der Waals surface area contributed by atoms with E-state index in [4.69, 9.17) is 9.47 Å². The normalized spacial score (nSPS) is 33.9. The molecule has 3 heteroatoms. The fourth-order valence-electron chi connectivity index (χ4n) is 1.89. The minimum atomic E-state index is 0.240. The van der Waals surface area contributed by atoms with Gasteiger partial charge in [-0.25, -0.2) is 0 Å². The van der Waals surface area contributed by atoms with Crippen molar-refractivity contribution in [2.24, 2.45) is 0 Å². The van der Waals surface area contributed by atoms with Gasteiger partial charge in [0.2, 0.25) is 0 Å². The first-order valence-electron chi connectivity index (χ1n) is 5.64. The van der Waals surface area contributed by atoms with Crippen LogP contribution in [0.5, 0.6) is 0 Å². The third-order valence-electron chi connectivity index (χ3n) is 2.97. The maximum Gasteiger partial charge on any atom is 0.0987 e. The Balaban J connectivity index is 2.29. The van der Waals surface area contributed by atoms with Crippen LogP contribution in [0, 0.1) is 0 Å². The highest BCUT2D eigenvalue weighted by atomic mass is 16.5. The van der Waals surface area contributed by atoms with Gasteiger partial charge in [0.05, 0.1) is 18.3 Å². The van der Waals surface area contributed by atoms with E-state index in [1.54, 1.807) is 7.11 Å². The molecule has 0 spiro atoms. The zero-order chi connectivity index (χ0) is 10.6. The molecule has 1 N–H and O–H groups in total. The molecule has 1 rings (SSSR count). The van der Waals surface area contributed by atoms with Crippen LogP contribution in [-0.4, -0.2) is 38.0 Å². The lowest BCUT2D eigenvalue weighted by atomic mass is 9.85. The summed E-state index contributed by atoms with van der Waals surface area (Å²) in [5.74, 6) is 0. The van der Waals surface area contributed by atoms with Crippen LogP contribution in [0.15, 0.2) is 0 Å².